The fraction of sp³-hybridized carbons (Fsp3) is 0.111. The lowest BCUT2D eigenvalue weighted by atomic mass is 10.1. The van der Waals surface area contributed by atoms with Crippen LogP contribution in [0, 0.1) is 5.82 Å². The molecular weight excluding hydrogens is 445 g/mol. The molecule has 0 radical (unpaired) electrons. The van der Waals surface area contributed by atoms with E-state index in [1.54, 1.807) is 42.1 Å². The van der Waals surface area contributed by atoms with E-state index >= 15 is 0 Å². The van der Waals surface area contributed by atoms with E-state index in [1.807, 2.05) is 42.6 Å². The fourth-order valence-corrected chi connectivity index (χ4v) is 4.02. The van der Waals surface area contributed by atoms with E-state index in [2.05, 4.69) is 10.4 Å². The Balaban J connectivity index is 1.41. The quantitative estimate of drug-likeness (QED) is 0.412. The zero-order chi connectivity index (χ0) is 24.4. The number of halogens is 1. The molecule has 0 aliphatic rings. The molecule has 1 N–H and O–H groups in total. The number of fused-ring (bicyclic) bond motifs is 1. The predicted octanol–water partition coefficient (Wildman–Crippen LogP) is 3.78. The van der Waals surface area contributed by atoms with Crippen LogP contribution in [-0.4, -0.2) is 25.5 Å². The first-order valence-corrected chi connectivity index (χ1v) is 11.1. The number of nitrogens with one attached hydrogen (secondary N) is 1. The maximum absolute atomic E-state index is 13.5. The van der Waals surface area contributed by atoms with Gasteiger partial charge in [0.15, 0.2) is 0 Å². The van der Waals surface area contributed by atoms with E-state index in [4.69, 9.17) is 5.10 Å². The lowest BCUT2D eigenvalue weighted by molar-refractivity contribution is -0.120. The van der Waals surface area contributed by atoms with E-state index < -0.39 is 0 Å². The number of para-hydroxylation sites is 1. The topological polar surface area (TPSA) is 81.8 Å². The van der Waals surface area contributed by atoms with Crippen LogP contribution in [-0.2, 0) is 24.8 Å². The smallest absolute Gasteiger partial charge is 0.274 e. The van der Waals surface area contributed by atoms with Gasteiger partial charge in [-0.25, -0.2) is 13.8 Å². The van der Waals surface area contributed by atoms with Gasteiger partial charge in [0, 0.05) is 36.3 Å². The summed E-state index contributed by atoms with van der Waals surface area (Å²) in [4.78, 5) is 25.2. The summed E-state index contributed by atoms with van der Waals surface area (Å²) < 4.78 is 16.5. The van der Waals surface area contributed by atoms with Crippen LogP contribution in [0.2, 0.25) is 0 Å². The molecule has 0 saturated carbocycles. The van der Waals surface area contributed by atoms with E-state index in [9.17, 15) is 14.0 Å². The maximum atomic E-state index is 13.5. The van der Waals surface area contributed by atoms with Crippen LogP contribution in [0.5, 0.6) is 0 Å². The first-order chi connectivity index (χ1) is 17.0. The Morgan fingerprint density at radius 3 is 2.34 bits per heavy atom. The van der Waals surface area contributed by atoms with Gasteiger partial charge in [0.05, 0.1) is 28.9 Å². The third kappa shape index (κ3) is 4.59. The van der Waals surface area contributed by atoms with Crippen LogP contribution in [0.3, 0.4) is 0 Å². The number of aromatic nitrogens is 4. The lowest BCUT2D eigenvalue weighted by Crippen LogP contribution is -2.27. The maximum Gasteiger partial charge on any atom is 0.274 e. The summed E-state index contributed by atoms with van der Waals surface area (Å²) in [5.41, 5.74) is 3.37. The minimum Gasteiger partial charge on any atom is -0.352 e. The predicted molar refractivity (Wildman–Crippen MR) is 131 cm³/mol. The molecule has 0 bridgehead atoms. The summed E-state index contributed by atoms with van der Waals surface area (Å²) in [6.45, 7) is 0.224. The standard InChI is InChI=1S/C27H22FN5O2/c1-32-27(35)23-10-6-5-9-22(23)24(30-32)15-25(34)29-16-19-17-33(21-7-3-2-4-8-21)31-26(19)18-11-13-20(28)14-12-18/h2-14,17H,15-16H2,1H3,(H,29,34). The van der Waals surface area contributed by atoms with Crippen molar-refractivity contribution in [2.75, 3.05) is 0 Å². The van der Waals surface area contributed by atoms with Gasteiger partial charge < -0.3 is 5.32 Å². The van der Waals surface area contributed by atoms with Crippen molar-refractivity contribution in [3.8, 4) is 16.9 Å². The van der Waals surface area contributed by atoms with Crippen molar-refractivity contribution in [1.29, 1.82) is 0 Å². The van der Waals surface area contributed by atoms with Gasteiger partial charge in [-0.2, -0.15) is 10.2 Å². The van der Waals surface area contributed by atoms with Crippen molar-refractivity contribution in [2.24, 2.45) is 7.05 Å². The summed E-state index contributed by atoms with van der Waals surface area (Å²) in [5, 5.41) is 13.1. The van der Waals surface area contributed by atoms with E-state index in [0.29, 0.717) is 22.2 Å². The normalized spacial score (nSPS) is 11.0. The molecule has 35 heavy (non-hydrogen) atoms. The molecular formula is C27H22FN5O2. The van der Waals surface area contributed by atoms with Gasteiger partial charge in [0.2, 0.25) is 5.91 Å². The Morgan fingerprint density at radius 1 is 0.914 bits per heavy atom. The minimum absolute atomic E-state index is 0.0212. The molecule has 7 nitrogen and oxygen atoms in total. The Kier molecular flexibility index (Phi) is 5.93. The van der Waals surface area contributed by atoms with Crippen molar-refractivity contribution >= 4 is 16.7 Å². The third-order valence-corrected chi connectivity index (χ3v) is 5.77. The molecule has 2 aromatic heterocycles. The molecule has 0 spiro atoms. The summed E-state index contributed by atoms with van der Waals surface area (Å²) in [6, 6.07) is 22.8. The van der Waals surface area contributed by atoms with Gasteiger partial charge in [-0.05, 0) is 42.5 Å². The first kappa shape index (κ1) is 22.2. The number of hydrogen-bond donors (Lipinski definition) is 1. The molecule has 1 amide bonds. The molecule has 0 fully saturated rings. The largest absolute Gasteiger partial charge is 0.352 e. The Bertz CT molecular complexity index is 1570. The number of carbonyl (C=O) groups is 1. The van der Waals surface area contributed by atoms with Crippen molar-refractivity contribution in [3.05, 3.63) is 112 Å². The monoisotopic (exact) mass is 467 g/mol. The molecule has 174 valence electrons. The highest BCUT2D eigenvalue weighted by Gasteiger charge is 2.16. The van der Waals surface area contributed by atoms with Crippen LogP contribution in [0.25, 0.3) is 27.7 Å². The summed E-state index contributed by atoms with van der Waals surface area (Å²) in [6.07, 6.45) is 1.88. The van der Waals surface area contributed by atoms with E-state index in [-0.39, 0.29) is 30.2 Å². The van der Waals surface area contributed by atoms with Gasteiger partial charge in [0.25, 0.3) is 5.56 Å². The third-order valence-electron chi connectivity index (χ3n) is 5.77. The molecule has 5 rings (SSSR count). The van der Waals surface area contributed by atoms with Crippen LogP contribution in [0.1, 0.15) is 11.3 Å². The molecule has 5 aromatic rings. The van der Waals surface area contributed by atoms with Crippen molar-refractivity contribution < 1.29 is 9.18 Å². The zero-order valence-electron chi connectivity index (χ0n) is 19.0. The number of aryl methyl sites for hydroxylation is 1. The lowest BCUT2D eigenvalue weighted by Gasteiger charge is -2.09. The highest BCUT2D eigenvalue weighted by atomic mass is 19.1. The number of nitrogens with zero attached hydrogens (tertiary/aromatic N) is 4. The van der Waals surface area contributed by atoms with E-state index in [1.165, 1.54) is 16.8 Å². The highest BCUT2D eigenvalue weighted by Crippen LogP contribution is 2.24. The van der Waals surface area contributed by atoms with E-state index in [0.717, 1.165) is 16.8 Å². The van der Waals surface area contributed by atoms with Crippen LogP contribution < -0.4 is 10.9 Å². The zero-order valence-corrected chi connectivity index (χ0v) is 19.0. The van der Waals surface area contributed by atoms with Gasteiger partial charge in [-0.1, -0.05) is 36.4 Å². The molecule has 0 saturated heterocycles. The van der Waals surface area contributed by atoms with Crippen LogP contribution in [0.4, 0.5) is 4.39 Å². The van der Waals surface area contributed by atoms with Gasteiger partial charge in [-0.3, -0.25) is 9.59 Å². The molecule has 2 heterocycles. The Labute approximate surface area is 200 Å². The van der Waals surface area contributed by atoms with Crippen LogP contribution >= 0.6 is 0 Å². The summed E-state index contributed by atoms with van der Waals surface area (Å²) >= 11 is 0. The Morgan fingerprint density at radius 2 is 1.60 bits per heavy atom. The second-order valence-electron chi connectivity index (χ2n) is 8.16. The van der Waals surface area contributed by atoms with Gasteiger partial charge >= 0.3 is 0 Å². The van der Waals surface area contributed by atoms with Gasteiger partial charge in [-0.15, -0.1) is 0 Å². The second-order valence-corrected chi connectivity index (χ2v) is 8.16. The second kappa shape index (κ2) is 9.34. The summed E-state index contributed by atoms with van der Waals surface area (Å²) in [5.74, 6) is -0.568. The van der Waals surface area contributed by atoms with Crippen molar-refractivity contribution in [2.45, 2.75) is 13.0 Å². The number of rotatable bonds is 6. The fourth-order valence-electron chi connectivity index (χ4n) is 4.02. The average Bonchev–Trinajstić information content (AvgIpc) is 3.31. The minimum atomic E-state index is -0.330. The van der Waals surface area contributed by atoms with Crippen LogP contribution in [0.15, 0.2) is 89.9 Å². The van der Waals surface area contributed by atoms with Gasteiger partial charge in [0.1, 0.15) is 5.82 Å². The molecule has 0 atom stereocenters. The highest BCUT2D eigenvalue weighted by molar-refractivity contribution is 5.88. The number of hydrogen-bond acceptors (Lipinski definition) is 4. The average molecular weight is 468 g/mol. The van der Waals surface area contributed by atoms with Crippen molar-refractivity contribution in [1.82, 2.24) is 24.9 Å². The number of benzene rings is 3. The number of amides is 1. The number of carbonyl (C=O) groups excluding carboxylic acids is 1. The molecule has 0 unspecified atom stereocenters. The van der Waals surface area contributed by atoms with Crippen molar-refractivity contribution in [3.63, 3.8) is 0 Å². The molecule has 8 heteroatoms. The Hall–Kier alpha value is -4.59. The SMILES string of the molecule is Cn1nc(CC(=O)NCc2cn(-c3ccccc3)nc2-c2ccc(F)cc2)c2ccccc2c1=O. The molecule has 0 aliphatic carbocycles. The molecule has 3 aromatic carbocycles. The molecule has 0 aliphatic heterocycles. The summed E-state index contributed by atoms with van der Waals surface area (Å²) in [7, 11) is 1.57. The first-order valence-electron chi connectivity index (χ1n) is 11.1.